The predicted octanol–water partition coefficient (Wildman–Crippen LogP) is 3.14. The molecule has 11 heteroatoms. The van der Waals surface area contributed by atoms with Gasteiger partial charge in [-0.25, -0.2) is 12.8 Å². The number of amides is 1. The van der Waals surface area contributed by atoms with Gasteiger partial charge in [-0.15, -0.1) is 10.2 Å². The van der Waals surface area contributed by atoms with Crippen LogP contribution in [0.2, 0.25) is 5.02 Å². The van der Waals surface area contributed by atoms with Crippen molar-refractivity contribution in [2.45, 2.75) is 30.3 Å². The molecule has 0 atom stereocenters. The molecule has 0 radical (unpaired) electrons. The van der Waals surface area contributed by atoms with Gasteiger partial charge in [0.25, 0.3) is 15.9 Å². The van der Waals surface area contributed by atoms with Crippen molar-refractivity contribution in [3.8, 4) is 0 Å². The third-order valence-corrected chi connectivity index (χ3v) is 6.30. The van der Waals surface area contributed by atoms with Gasteiger partial charge in [0.1, 0.15) is 12.1 Å². The predicted molar refractivity (Wildman–Crippen MR) is 108 cm³/mol. The van der Waals surface area contributed by atoms with Gasteiger partial charge in [-0.3, -0.25) is 9.52 Å². The number of nitrogens with zero attached hydrogens (tertiary/aromatic N) is 3. The second-order valence-electron chi connectivity index (χ2n) is 6.82. The Kier molecular flexibility index (Phi) is 5.44. The molecule has 156 valence electrons. The Hall–Kier alpha value is -2.98. The minimum Gasteiger partial charge on any atom is -0.345 e. The summed E-state index contributed by atoms with van der Waals surface area (Å²) in [5, 5.41) is 10.8. The maximum Gasteiger partial charge on any atom is 0.261 e. The smallest absolute Gasteiger partial charge is 0.261 e. The first-order valence-electron chi connectivity index (χ1n) is 9.08. The second kappa shape index (κ2) is 8.04. The van der Waals surface area contributed by atoms with Crippen molar-refractivity contribution in [2.24, 2.45) is 0 Å². The van der Waals surface area contributed by atoms with Gasteiger partial charge in [-0.2, -0.15) is 0 Å². The van der Waals surface area contributed by atoms with Crippen molar-refractivity contribution >= 4 is 33.2 Å². The highest BCUT2D eigenvalue weighted by molar-refractivity contribution is 7.92. The van der Waals surface area contributed by atoms with Crippen molar-refractivity contribution in [3.63, 3.8) is 0 Å². The van der Waals surface area contributed by atoms with E-state index in [0.717, 1.165) is 37.1 Å². The average molecular weight is 450 g/mol. The van der Waals surface area contributed by atoms with E-state index in [4.69, 9.17) is 11.6 Å². The van der Waals surface area contributed by atoms with Crippen LogP contribution in [0, 0.1) is 5.82 Å². The lowest BCUT2D eigenvalue weighted by molar-refractivity contribution is 0.0949. The van der Waals surface area contributed by atoms with E-state index in [1.54, 1.807) is 6.33 Å². The Bertz CT molecular complexity index is 1190. The number of hydrogen-bond donors (Lipinski definition) is 2. The zero-order valence-corrected chi connectivity index (χ0v) is 17.1. The van der Waals surface area contributed by atoms with E-state index in [9.17, 15) is 17.6 Å². The fourth-order valence-electron chi connectivity index (χ4n) is 2.87. The molecule has 3 aromatic rings. The summed E-state index contributed by atoms with van der Waals surface area (Å²) in [5.74, 6) is -0.320. The Morgan fingerprint density at radius 2 is 1.93 bits per heavy atom. The van der Waals surface area contributed by atoms with E-state index in [0.29, 0.717) is 11.9 Å². The van der Waals surface area contributed by atoms with Gasteiger partial charge in [0.2, 0.25) is 0 Å². The summed E-state index contributed by atoms with van der Waals surface area (Å²) in [6.07, 6.45) is 3.77. The Morgan fingerprint density at radius 1 is 1.20 bits per heavy atom. The van der Waals surface area contributed by atoms with Gasteiger partial charge in [-0.05, 0) is 55.3 Å². The molecule has 1 heterocycles. The van der Waals surface area contributed by atoms with Crippen molar-refractivity contribution in [2.75, 3.05) is 4.72 Å². The molecule has 1 aliphatic carbocycles. The molecule has 1 amide bonds. The van der Waals surface area contributed by atoms with E-state index < -0.39 is 21.7 Å². The summed E-state index contributed by atoms with van der Waals surface area (Å²) in [7, 11) is -4.01. The molecule has 1 saturated carbocycles. The molecule has 0 spiro atoms. The number of sulfonamides is 1. The van der Waals surface area contributed by atoms with E-state index in [1.165, 1.54) is 18.2 Å². The minimum atomic E-state index is -4.01. The van der Waals surface area contributed by atoms with Crippen molar-refractivity contribution in [1.82, 2.24) is 20.1 Å². The standard InChI is InChI=1S/C19H17ClFN5O3S/c20-16-8-1-12(19(27)22-10-18-24-23-11-26(18)14-4-5-14)9-17(16)25-30(28,29)15-6-2-13(21)3-7-15/h1-3,6-9,11,14,25H,4-5,10H2,(H,22,27). The number of carbonyl (C=O) groups is 1. The molecule has 30 heavy (non-hydrogen) atoms. The molecule has 8 nitrogen and oxygen atoms in total. The zero-order valence-electron chi connectivity index (χ0n) is 15.5. The van der Waals surface area contributed by atoms with Crippen LogP contribution in [0.3, 0.4) is 0 Å². The fourth-order valence-corrected chi connectivity index (χ4v) is 4.17. The summed E-state index contributed by atoms with van der Waals surface area (Å²) in [5.41, 5.74) is 0.253. The van der Waals surface area contributed by atoms with Gasteiger partial charge < -0.3 is 9.88 Å². The molecule has 1 fully saturated rings. The average Bonchev–Trinajstić information content (AvgIpc) is 3.45. The second-order valence-corrected chi connectivity index (χ2v) is 8.91. The number of anilines is 1. The Labute approximate surface area is 177 Å². The fraction of sp³-hybridized carbons (Fsp3) is 0.211. The number of nitrogens with one attached hydrogen (secondary N) is 2. The number of carbonyl (C=O) groups excluding carboxylic acids is 1. The van der Waals surface area contributed by atoms with Crippen molar-refractivity contribution < 1.29 is 17.6 Å². The summed E-state index contributed by atoms with van der Waals surface area (Å²) < 4.78 is 42.4. The molecule has 0 bridgehead atoms. The first kappa shape index (κ1) is 20.3. The zero-order chi connectivity index (χ0) is 21.3. The molecule has 4 rings (SSSR count). The summed E-state index contributed by atoms with van der Waals surface area (Å²) in [6, 6.07) is 8.99. The normalized spacial score (nSPS) is 13.8. The van der Waals surface area contributed by atoms with E-state index in [1.807, 2.05) is 4.57 Å². The summed E-state index contributed by atoms with van der Waals surface area (Å²) in [6.45, 7) is 0.189. The monoisotopic (exact) mass is 449 g/mol. The summed E-state index contributed by atoms with van der Waals surface area (Å²) in [4.78, 5) is 12.4. The molecule has 0 aliphatic heterocycles. The largest absolute Gasteiger partial charge is 0.345 e. The lowest BCUT2D eigenvalue weighted by atomic mass is 10.2. The van der Waals surface area contributed by atoms with Gasteiger partial charge in [0, 0.05) is 11.6 Å². The number of hydrogen-bond acceptors (Lipinski definition) is 5. The third-order valence-electron chi connectivity index (χ3n) is 4.59. The lowest BCUT2D eigenvalue weighted by Crippen LogP contribution is -2.25. The highest BCUT2D eigenvalue weighted by atomic mass is 35.5. The third kappa shape index (κ3) is 4.44. The number of aromatic nitrogens is 3. The summed E-state index contributed by atoms with van der Waals surface area (Å²) >= 11 is 6.10. The Balaban J connectivity index is 1.48. The molecule has 1 aromatic heterocycles. The quantitative estimate of drug-likeness (QED) is 0.576. The number of halogens is 2. The van der Waals surface area contributed by atoms with Crippen LogP contribution in [0.15, 0.2) is 53.7 Å². The maximum atomic E-state index is 13.1. The SMILES string of the molecule is O=C(NCc1nncn1C1CC1)c1ccc(Cl)c(NS(=O)(=O)c2ccc(F)cc2)c1. The van der Waals surface area contributed by atoms with Crippen LogP contribution in [-0.4, -0.2) is 29.1 Å². The van der Waals surface area contributed by atoms with Crippen LogP contribution in [0.5, 0.6) is 0 Å². The van der Waals surface area contributed by atoms with Crippen LogP contribution in [-0.2, 0) is 16.6 Å². The molecule has 0 saturated heterocycles. The van der Waals surface area contributed by atoms with Crippen LogP contribution >= 0.6 is 11.6 Å². The van der Waals surface area contributed by atoms with Gasteiger partial charge in [0.15, 0.2) is 5.82 Å². The van der Waals surface area contributed by atoms with E-state index in [2.05, 4.69) is 20.2 Å². The van der Waals surface area contributed by atoms with Gasteiger partial charge in [0.05, 0.1) is 22.2 Å². The lowest BCUT2D eigenvalue weighted by Gasteiger charge is -2.12. The molecule has 2 N–H and O–H groups in total. The van der Waals surface area contributed by atoms with Crippen LogP contribution < -0.4 is 10.0 Å². The molecule has 2 aromatic carbocycles. The number of benzene rings is 2. The van der Waals surface area contributed by atoms with Gasteiger partial charge >= 0.3 is 0 Å². The number of rotatable bonds is 7. The highest BCUT2D eigenvalue weighted by Gasteiger charge is 2.26. The topological polar surface area (TPSA) is 106 Å². The van der Waals surface area contributed by atoms with Crippen LogP contribution in [0.4, 0.5) is 10.1 Å². The van der Waals surface area contributed by atoms with Crippen LogP contribution in [0.25, 0.3) is 0 Å². The minimum absolute atomic E-state index is 0.0368. The Morgan fingerprint density at radius 3 is 2.63 bits per heavy atom. The molecule has 1 aliphatic rings. The van der Waals surface area contributed by atoms with Crippen LogP contribution in [0.1, 0.15) is 35.1 Å². The van der Waals surface area contributed by atoms with E-state index in [-0.39, 0.29) is 27.7 Å². The van der Waals surface area contributed by atoms with Crippen molar-refractivity contribution in [1.29, 1.82) is 0 Å². The molecular weight excluding hydrogens is 433 g/mol. The maximum absolute atomic E-state index is 13.1. The van der Waals surface area contributed by atoms with E-state index >= 15 is 0 Å². The molecule has 0 unspecified atom stereocenters. The first-order chi connectivity index (χ1) is 14.3. The first-order valence-corrected chi connectivity index (χ1v) is 10.9. The highest BCUT2D eigenvalue weighted by Crippen LogP contribution is 2.35. The molecular formula is C19H17ClFN5O3S. The van der Waals surface area contributed by atoms with Gasteiger partial charge in [-0.1, -0.05) is 11.6 Å². The van der Waals surface area contributed by atoms with Crippen molar-refractivity contribution in [3.05, 3.63) is 71.0 Å².